The van der Waals surface area contributed by atoms with Crippen LogP contribution < -0.4 is 0 Å². The summed E-state index contributed by atoms with van der Waals surface area (Å²) in [6.45, 7) is 6.50. The summed E-state index contributed by atoms with van der Waals surface area (Å²) in [7, 11) is -3.22. The Balaban J connectivity index is 1.90. The lowest BCUT2D eigenvalue weighted by atomic mass is 9.77. The molecule has 1 fully saturated rings. The van der Waals surface area contributed by atoms with Crippen LogP contribution in [-0.2, 0) is 9.84 Å². The second-order valence-corrected chi connectivity index (χ2v) is 9.29. The van der Waals surface area contributed by atoms with Crippen LogP contribution in [-0.4, -0.2) is 24.8 Å². The van der Waals surface area contributed by atoms with Gasteiger partial charge in [-0.05, 0) is 37.0 Å². The fourth-order valence-corrected chi connectivity index (χ4v) is 6.81. The lowest BCUT2D eigenvalue weighted by molar-refractivity contribution is 0.238. The van der Waals surface area contributed by atoms with Gasteiger partial charge in [0.1, 0.15) is 5.04 Å². The zero-order valence-electron chi connectivity index (χ0n) is 12.6. The lowest BCUT2D eigenvalue weighted by Gasteiger charge is -2.37. The molecule has 0 radical (unpaired) electrons. The minimum absolute atomic E-state index is 0.0649. The van der Waals surface area contributed by atoms with Gasteiger partial charge in [0.25, 0.3) is 0 Å². The molecule has 4 heteroatoms. The van der Waals surface area contributed by atoms with E-state index in [1.54, 1.807) is 0 Å². The predicted octanol–water partition coefficient (Wildman–Crippen LogP) is 3.22. The number of dihydropyridines is 1. The molecule has 1 saturated carbocycles. The van der Waals surface area contributed by atoms with Crippen LogP contribution in [0.15, 0.2) is 17.1 Å². The van der Waals surface area contributed by atoms with Crippen molar-refractivity contribution < 1.29 is 8.42 Å². The van der Waals surface area contributed by atoms with Gasteiger partial charge in [0.05, 0.1) is 11.3 Å². The van der Waals surface area contributed by atoms with E-state index in [1.807, 2.05) is 12.2 Å². The van der Waals surface area contributed by atoms with Crippen LogP contribution in [0.1, 0.15) is 46.5 Å². The molecule has 0 aromatic rings. The molecular formula is C16H25NO2S. The van der Waals surface area contributed by atoms with Gasteiger partial charge in [0, 0.05) is 5.92 Å². The average Bonchev–Trinajstić information content (AvgIpc) is 3.00. The first-order valence-corrected chi connectivity index (χ1v) is 9.44. The molecule has 0 saturated heterocycles. The molecule has 3 rings (SSSR count). The van der Waals surface area contributed by atoms with Gasteiger partial charge in [-0.3, -0.25) is 4.99 Å². The first kappa shape index (κ1) is 14.3. The van der Waals surface area contributed by atoms with Crippen molar-refractivity contribution in [1.29, 1.82) is 0 Å². The van der Waals surface area contributed by atoms with Crippen molar-refractivity contribution in [1.82, 2.24) is 0 Å². The van der Waals surface area contributed by atoms with Crippen molar-refractivity contribution >= 4 is 14.9 Å². The van der Waals surface area contributed by atoms with Gasteiger partial charge in [-0.25, -0.2) is 8.42 Å². The summed E-state index contributed by atoms with van der Waals surface area (Å²) in [5.41, 5.74) is 0. The van der Waals surface area contributed by atoms with Crippen LogP contribution in [0, 0.1) is 23.7 Å². The fourth-order valence-electron chi connectivity index (χ4n) is 4.13. The number of nitrogens with zero attached hydrogens (tertiary/aromatic N) is 1. The topological polar surface area (TPSA) is 46.5 Å². The van der Waals surface area contributed by atoms with Gasteiger partial charge >= 0.3 is 0 Å². The molecule has 1 heterocycles. The molecule has 0 N–H and O–H groups in total. The van der Waals surface area contributed by atoms with Gasteiger partial charge in [-0.15, -0.1) is 0 Å². The Morgan fingerprint density at radius 2 is 1.95 bits per heavy atom. The molecule has 2 aliphatic carbocycles. The lowest BCUT2D eigenvalue weighted by Crippen LogP contribution is -2.42. The SMILES string of the molecule is CC(C)[C@@H]1CC[C@@H](C)C[C@@H]1S(=O)(=O)C1=N[C@H]2C=C[C@@H]1C2. The molecule has 3 aliphatic rings. The Hall–Kier alpha value is -0.640. The van der Waals surface area contributed by atoms with Crippen LogP contribution in [0.3, 0.4) is 0 Å². The van der Waals surface area contributed by atoms with Gasteiger partial charge in [0.2, 0.25) is 0 Å². The monoisotopic (exact) mass is 295 g/mol. The van der Waals surface area contributed by atoms with E-state index in [4.69, 9.17) is 0 Å². The summed E-state index contributed by atoms with van der Waals surface area (Å²) in [5.74, 6) is 1.30. The predicted molar refractivity (Wildman–Crippen MR) is 82.5 cm³/mol. The number of hydrogen-bond donors (Lipinski definition) is 0. The maximum atomic E-state index is 13.1. The standard InChI is InChI=1S/C16H25NO2S/c1-10(2)14-7-4-11(3)8-15(14)20(18,19)16-12-5-6-13(9-12)17-16/h5-6,10-15H,4,7-9H2,1-3H3/t11-,12-,13+,14+,15+/m1/s1. The largest absolute Gasteiger partial charge is 0.270 e. The van der Waals surface area contributed by atoms with Crippen molar-refractivity contribution in [2.45, 2.75) is 57.7 Å². The molecule has 0 spiro atoms. The molecular weight excluding hydrogens is 270 g/mol. The quantitative estimate of drug-likeness (QED) is 0.734. The summed E-state index contributed by atoms with van der Waals surface area (Å²) in [6.07, 6.45) is 7.98. The summed E-state index contributed by atoms with van der Waals surface area (Å²) < 4.78 is 26.1. The summed E-state index contributed by atoms with van der Waals surface area (Å²) in [5, 5.41) is 0.285. The van der Waals surface area contributed by atoms with E-state index in [9.17, 15) is 8.42 Å². The molecule has 3 nitrogen and oxygen atoms in total. The summed E-state index contributed by atoms with van der Waals surface area (Å²) in [4.78, 5) is 4.46. The van der Waals surface area contributed by atoms with E-state index in [1.165, 1.54) is 0 Å². The molecule has 20 heavy (non-hydrogen) atoms. The molecule has 112 valence electrons. The summed E-state index contributed by atoms with van der Waals surface area (Å²) in [6, 6.07) is 0.128. The van der Waals surface area contributed by atoms with Gasteiger partial charge < -0.3 is 0 Å². The molecule has 1 aliphatic heterocycles. The Morgan fingerprint density at radius 1 is 1.20 bits per heavy atom. The minimum Gasteiger partial charge on any atom is -0.270 e. The highest BCUT2D eigenvalue weighted by Crippen LogP contribution is 2.41. The number of hydrogen-bond acceptors (Lipinski definition) is 3. The third-order valence-corrected chi connectivity index (χ3v) is 7.65. The van der Waals surface area contributed by atoms with Crippen LogP contribution in [0.25, 0.3) is 0 Å². The number of rotatable bonds is 2. The fraction of sp³-hybridized carbons (Fsp3) is 0.812. The van der Waals surface area contributed by atoms with Crippen LogP contribution in [0.2, 0.25) is 0 Å². The van der Waals surface area contributed by atoms with Crippen molar-refractivity contribution in [2.75, 3.05) is 0 Å². The number of fused-ring (bicyclic) bond motifs is 2. The van der Waals surface area contributed by atoms with E-state index >= 15 is 0 Å². The van der Waals surface area contributed by atoms with E-state index in [-0.39, 0.29) is 17.2 Å². The van der Waals surface area contributed by atoms with Crippen molar-refractivity contribution in [3.8, 4) is 0 Å². The third-order valence-electron chi connectivity index (χ3n) is 5.32. The Kier molecular flexibility index (Phi) is 3.56. The first-order valence-electron chi connectivity index (χ1n) is 7.89. The molecule has 2 bridgehead atoms. The number of allylic oxidation sites excluding steroid dienone is 1. The van der Waals surface area contributed by atoms with Crippen molar-refractivity contribution in [3.05, 3.63) is 12.2 Å². The zero-order chi connectivity index (χ0) is 14.5. The van der Waals surface area contributed by atoms with E-state index in [0.29, 0.717) is 22.8 Å². The highest BCUT2D eigenvalue weighted by molar-refractivity contribution is 8.07. The van der Waals surface area contributed by atoms with Crippen molar-refractivity contribution in [3.63, 3.8) is 0 Å². The maximum Gasteiger partial charge on any atom is 0.194 e. The van der Waals surface area contributed by atoms with Crippen LogP contribution >= 0.6 is 0 Å². The molecule has 5 atom stereocenters. The van der Waals surface area contributed by atoms with E-state index in [0.717, 1.165) is 25.7 Å². The Morgan fingerprint density at radius 3 is 2.50 bits per heavy atom. The molecule has 0 aromatic carbocycles. The van der Waals surface area contributed by atoms with E-state index in [2.05, 4.69) is 25.8 Å². The van der Waals surface area contributed by atoms with Gasteiger partial charge in [0.15, 0.2) is 9.84 Å². The van der Waals surface area contributed by atoms with Crippen LogP contribution in [0.4, 0.5) is 0 Å². The highest BCUT2D eigenvalue weighted by atomic mass is 32.2. The second kappa shape index (κ2) is 4.97. The smallest absolute Gasteiger partial charge is 0.194 e. The van der Waals surface area contributed by atoms with Gasteiger partial charge in [-0.1, -0.05) is 39.3 Å². The highest BCUT2D eigenvalue weighted by Gasteiger charge is 2.46. The Bertz CT molecular complexity index is 547. The normalized spacial score (nSPS) is 40.4. The van der Waals surface area contributed by atoms with Crippen LogP contribution in [0.5, 0.6) is 0 Å². The number of aliphatic imine (C=N–C) groups is 1. The molecule has 0 amide bonds. The second-order valence-electron chi connectivity index (χ2n) is 7.17. The zero-order valence-corrected chi connectivity index (χ0v) is 13.4. The average molecular weight is 295 g/mol. The maximum absolute atomic E-state index is 13.1. The van der Waals surface area contributed by atoms with E-state index < -0.39 is 9.84 Å². The van der Waals surface area contributed by atoms with Crippen molar-refractivity contribution in [2.24, 2.45) is 28.7 Å². The first-order chi connectivity index (χ1) is 9.39. The van der Waals surface area contributed by atoms with Gasteiger partial charge in [-0.2, -0.15) is 0 Å². The summed E-state index contributed by atoms with van der Waals surface area (Å²) >= 11 is 0. The minimum atomic E-state index is -3.22. The number of sulfone groups is 1. The Labute approximate surface area is 122 Å². The third kappa shape index (κ3) is 2.26. The molecule has 0 unspecified atom stereocenters. The molecule has 0 aromatic heterocycles.